The summed E-state index contributed by atoms with van der Waals surface area (Å²) in [5, 5.41) is 3.99. The largest absolute Gasteiger partial charge is 0.439 e. The maximum atomic E-state index is 9.41. The predicted molar refractivity (Wildman–Crippen MR) is 159 cm³/mol. The molecular formula is C31H32N6O3. The molecule has 0 fully saturated rings. The monoisotopic (exact) mass is 536 g/mol. The molecule has 2 aromatic carbocycles. The topological polar surface area (TPSA) is 117 Å². The highest BCUT2D eigenvalue weighted by atomic mass is 16.5. The zero-order chi connectivity index (χ0) is 28.6. The normalized spacial score (nSPS) is 10.5. The second kappa shape index (κ2) is 12.7. The number of hydrogen-bond donors (Lipinski definition) is 2. The smallest absolute Gasteiger partial charge is 0.219 e. The minimum absolute atomic E-state index is 0.429. The van der Waals surface area contributed by atoms with Crippen LogP contribution in [0.25, 0.3) is 33.4 Å². The number of nitrogens with two attached hydrogens (primary N) is 1. The van der Waals surface area contributed by atoms with Gasteiger partial charge in [0.2, 0.25) is 5.88 Å². The maximum absolute atomic E-state index is 9.41. The number of ether oxygens (including phenoxy) is 2. The third-order valence-corrected chi connectivity index (χ3v) is 6.08. The molecule has 0 bridgehead atoms. The molecule has 0 saturated carbocycles. The Balaban J connectivity index is 0.000000681. The molecule has 9 nitrogen and oxygen atoms in total. The number of methoxy groups -OCH3 is 1. The third-order valence-electron chi connectivity index (χ3n) is 6.08. The Morgan fingerprint density at radius 2 is 1.73 bits per heavy atom. The van der Waals surface area contributed by atoms with E-state index in [-0.39, 0.29) is 0 Å². The van der Waals surface area contributed by atoms with Crippen LogP contribution in [0.5, 0.6) is 11.6 Å². The molecule has 0 aliphatic heterocycles. The van der Waals surface area contributed by atoms with Crippen molar-refractivity contribution in [1.82, 2.24) is 19.5 Å². The van der Waals surface area contributed by atoms with E-state index in [1.807, 2.05) is 68.7 Å². The van der Waals surface area contributed by atoms with Crippen LogP contribution in [0, 0.1) is 0 Å². The molecule has 3 aromatic heterocycles. The molecule has 0 radical (unpaired) electrons. The standard InChI is InChI=1S/C27H26N6O2.C4H6O/c1-29-19-11-7-18(8-12-19)25-23(24-26(28)30-16-31-27(24)33(25)2)17-9-13-21(14-10-17)35-22-6-4-5-20(32-22)15-34-3;1-4(2)3-5/h4-14,16,29H,15H2,1-3H3,(H2,28,30,31);3H,1H2,2H3. The highest BCUT2D eigenvalue weighted by molar-refractivity contribution is 6.07. The summed E-state index contributed by atoms with van der Waals surface area (Å²) < 4.78 is 13.2. The van der Waals surface area contributed by atoms with Crippen molar-refractivity contribution in [1.29, 1.82) is 0 Å². The van der Waals surface area contributed by atoms with Crippen LogP contribution in [0.4, 0.5) is 11.5 Å². The van der Waals surface area contributed by atoms with Gasteiger partial charge < -0.3 is 25.1 Å². The SMILES string of the molecule is C=C(C)C=O.CNc1ccc(-c2c(-c3ccc(Oc4cccc(COC)n4)cc3)c3c(N)ncnc3n2C)cc1. The van der Waals surface area contributed by atoms with Crippen LogP contribution >= 0.6 is 0 Å². The molecule has 0 aliphatic rings. The van der Waals surface area contributed by atoms with Crippen molar-refractivity contribution >= 4 is 28.8 Å². The average molecular weight is 537 g/mol. The van der Waals surface area contributed by atoms with Gasteiger partial charge in [-0.05, 0) is 54.0 Å². The van der Waals surface area contributed by atoms with E-state index < -0.39 is 0 Å². The van der Waals surface area contributed by atoms with Gasteiger partial charge in [-0.1, -0.05) is 36.9 Å². The Morgan fingerprint density at radius 3 is 2.35 bits per heavy atom. The molecule has 40 heavy (non-hydrogen) atoms. The third kappa shape index (κ3) is 6.16. The molecule has 0 spiro atoms. The number of rotatable bonds is 8. The Kier molecular flexibility index (Phi) is 8.88. The molecule has 0 saturated heterocycles. The van der Waals surface area contributed by atoms with Crippen molar-refractivity contribution in [3.63, 3.8) is 0 Å². The molecule has 0 atom stereocenters. The molecule has 5 aromatic rings. The van der Waals surface area contributed by atoms with E-state index in [0.717, 1.165) is 51.1 Å². The molecule has 0 aliphatic carbocycles. The van der Waals surface area contributed by atoms with Gasteiger partial charge in [0.25, 0.3) is 0 Å². The molecule has 3 heterocycles. The van der Waals surface area contributed by atoms with Crippen molar-refractivity contribution in [3.8, 4) is 34.0 Å². The number of fused-ring (bicyclic) bond motifs is 1. The summed E-state index contributed by atoms with van der Waals surface area (Å²) in [6.07, 6.45) is 2.22. The van der Waals surface area contributed by atoms with Crippen LogP contribution in [0.1, 0.15) is 12.6 Å². The number of nitrogens with zero attached hydrogens (tertiary/aromatic N) is 4. The molecule has 5 rings (SSSR count). The number of aryl methyl sites for hydroxylation is 1. The van der Waals surface area contributed by atoms with Gasteiger partial charge in [-0.25, -0.2) is 15.0 Å². The second-order valence-electron chi connectivity index (χ2n) is 9.06. The quantitative estimate of drug-likeness (QED) is 0.183. The van der Waals surface area contributed by atoms with Gasteiger partial charge >= 0.3 is 0 Å². The van der Waals surface area contributed by atoms with Crippen molar-refractivity contribution in [2.24, 2.45) is 7.05 Å². The first-order valence-electron chi connectivity index (χ1n) is 12.6. The summed E-state index contributed by atoms with van der Waals surface area (Å²) in [6.45, 7) is 5.39. The Bertz CT molecular complexity index is 1630. The summed E-state index contributed by atoms with van der Waals surface area (Å²) in [5.74, 6) is 1.64. The van der Waals surface area contributed by atoms with Crippen LogP contribution in [-0.2, 0) is 23.2 Å². The van der Waals surface area contributed by atoms with Crippen molar-refractivity contribution in [2.75, 3.05) is 25.2 Å². The van der Waals surface area contributed by atoms with E-state index in [0.29, 0.717) is 29.6 Å². The van der Waals surface area contributed by atoms with Gasteiger partial charge in [0.15, 0.2) is 0 Å². The van der Waals surface area contributed by atoms with Crippen molar-refractivity contribution in [3.05, 3.63) is 90.9 Å². The zero-order valence-corrected chi connectivity index (χ0v) is 23.0. The summed E-state index contributed by atoms with van der Waals surface area (Å²) in [6, 6.07) is 21.8. The van der Waals surface area contributed by atoms with Gasteiger partial charge in [-0.2, -0.15) is 0 Å². The number of anilines is 2. The molecule has 0 unspecified atom stereocenters. The van der Waals surface area contributed by atoms with Crippen molar-refractivity contribution in [2.45, 2.75) is 13.5 Å². The Morgan fingerprint density at radius 1 is 1.05 bits per heavy atom. The fourth-order valence-corrected chi connectivity index (χ4v) is 4.24. The minimum atomic E-state index is 0.429. The summed E-state index contributed by atoms with van der Waals surface area (Å²) in [5.41, 5.74) is 13.6. The van der Waals surface area contributed by atoms with Crippen LogP contribution in [-0.4, -0.2) is 40.0 Å². The number of nitrogen functional groups attached to an aromatic ring is 1. The number of carbonyl (C=O) groups is 1. The summed E-state index contributed by atoms with van der Waals surface area (Å²) in [7, 11) is 5.54. The lowest BCUT2D eigenvalue weighted by Crippen LogP contribution is -1.96. The number of aldehydes is 1. The lowest BCUT2D eigenvalue weighted by Gasteiger charge is -2.11. The fraction of sp³-hybridized carbons (Fsp3) is 0.161. The number of aromatic nitrogens is 4. The van der Waals surface area contributed by atoms with E-state index in [4.69, 9.17) is 15.2 Å². The highest BCUT2D eigenvalue weighted by Gasteiger charge is 2.21. The van der Waals surface area contributed by atoms with Gasteiger partial charge in [-0.15, -0.1) is 0 Å². The number of allylic oxidation sites excluding steroid dienone is 1. The maximum Gasteiger partial charge on any atom is 0.219 e. The second-order valence-corrected chi connectivity index (χ2v) is 9.06. The number of nitrogens with one attached hydrogen (secondary N) is 1. The van der Waals surface area contributed by atoms with E-state index in [2.05, 4.69) is 43.5 Å². The number of benzene rings is 2. The zero-order valence-electron chi connectivity index (χ0n) is 23.0. The number of pyridine rings is 1. The first-order chi connectivity index (χ1) is 19.4. The fourth-order valence-electron chi connectivity index (χ4n) is 4.24. The Labute approximate surface area is 233 Å². The first-order valence-corrected chi connectivity index (χ1v) is 12.6. The van der Waals surface area contributed by atoms with E-state index >= 15 is 0 Å². The number of hydrogen-bond acceptors (Lipinski definition) is 8. The minimum Gasteiger partial charge on any atom is -0.439 e. The predicted octanol–water partition coefficient (Wildman–Crippen LogP) is 6.02. The Hall–Kier alpha value is -5.02. The van der Waals surface area contributed by atoms with Gasteiger partial charge in [-0.3, -0.25) is 4.79 Å². The highest BCUT2D eigenvalue weighted by Crippen LogP contribution is 2.42. The van der Waals surface area contributed by atoms with Crippen LogP contribution in [0.3, 0.4) is 0 Å². The van der Waals surface area contributed by atoms with E-state index in [1.165, 1.54) is 6.33 Å². The van der Waals surface area contributed by atoms with Gasteiger partial charge in [0, 0.05) is 38.5 Å². The average Bonchev–Trinajstić information content (AvgIpc) is 3.27. The van der Waals surface area contributed by atoms with Crippen LogP contribution < -0.4 is 15.8 Å². The molecule has 3 N–H and O–H groups in total. The van der Waals surface area contributed by atoms with Gasteiger partial charge in [0.1, 0.15) is 29.8 Å². The molecule has 9 heteroatoms. The van der Waals surface area contributed by atoms with Crippen LogP contribution in [0.15, 0.2) is 85.2 Å². The lowest BCUT2D eigenvalue weighted by atomic mass is 9.98. The first kappa shape index (κ1) is 28.0. The number of carbonyl (C=O) groups excluding carboxylic acids is 1. The molecule has 0 amide bonds. The summed E-state index contributed by atoms with van der Waals surface area (Å²) in [4.78, 5) is 22.7. The molecular weight excluding hydrogens is 504 g/mol. The van der Waals surface area contributed by atoms with Crippen LogP contribution in [0.2, 0.25) is 0 Å². The lowest BCUT2D eigenvalue weighted by molar-refractivity contribution is -0.104. The van der Waals surface area contributed by atoms with E-state index in [1.54, 1.807) is 14.0 Å². The van der Waals surface area contributed by atoms with Crippen molar-refractivity contribution < 1.29 is 14.3 Å². The molecule has 204 valence electrons. The summed E-state index contributed by atoms with van der Waals surface area (Å²) >= 11 is 0. The van der Waals surface area contributed by atoms with E-state index in [9.17, 15) is 4.79 Å². The van der Waals surface area contributed by atoms with Gasteiger partial charge in [0.05, 0.1) is 23.4 Å².